The van der Waals surface area contributed by atoms with Crippen LogP contribution in [0.5, 0.6) is 0 Å². The smallest absolute Gasteiger partial charge is 0.190 e. The average Bonchev–Trinajstić information content (AvgIpc) is 2.29. The molecule has 0 saturated heterocycles. The Kier molecular flexibility index (Phi) is 4.54. The minimum Gasteiger partial charge on any atom is -0.484 e. The largest absolute Gasteiger partial charge is 0.484 e. The van der Waals surface area contributed by atoms with E-state index in [9.17, 15) is 4.79 Å². The molecule has 0 aliphatic rings. The molecular formula is C12H15NO2. The predicted octanol–water partition coefficient (Wildman–Crippen LogP) is 2.32. The molecule has 0 aliphatic carbocycles. The van der Waals surface area contributed by atoms with Crippen molar-refractivity contribution in [2.75, 3.05) is 13.7 Å². The molecule has 0 unspecified atom stereocenters. The Labute approximate surface area is 89.8 Å². The lowest BCUT2D eigenvalue weighted by molar-refractivity contribution is 0.0994. The highest BCUT2D eigenvalue weighted by molar-refractivity contribution is 6.07. The zero-order valence-corrected chi connectivity index (χ0v) is 9.06. The SMILES string of the molecule is CCN=C(CC(=O)c1ccccc1)OC. The van der Waals surface area contributed by atoms with Crippen LogP contribution in [-0.4, -0.2) is 25.3 Å². The van der Waals surface area contributed by atoms with E-state index in [-0.39, 0.29) is 12.2 Å². The molecule has 0 atom stereocenters. The van der Waals surface area contributed by atoms with Crippen LogP contribution in [0.15, 0.2) is 35.3 Å². The van der Waals surface area contributed by atoms with Crippen molar-refractivity contribution in [2.45, 2.75) is 13.3 Å². The normalized spacial score (nSPS) is 11.2. The summed E-state index contributed by atoms with van der Waals surface area (Å²) >= 11 is 0. The van der Waals surface area contributed by atoms with Gasteiger partial charge in [0.25, 0.3) is 0 Å². The van der Waals surface area contributed by atoms with Crippen molar-refractivity contribution in [1.29, 1.82) is 0 Å². The van der Waals surface area contributed by atoms with Crippen LogP contribution in [0.3, 0.4) is 0 Å². The van der Waals surface area contributed by atoms with Crippen molar-refractivity contribution in [3.63, 3.8) is 0 Å². The topological polar surface area (TPSA) is 38.7 Å². The van der Waals surface area contributed by atoms with E-state index in [1.165, 1.54) is 7.11 Å². The highest BCUT2D eigenvalue weighted by Crippen LogP contribution is 2.04. The number of benzene rings is 1. The van der Waals surface area contributed by atoms with Crippen LogP contribution in [0, 0.1) is 0 Å². The molecule has 3 heteroatoms. The van der Waals surface area contributed by atoms with Gasteiger partial charge in [-0.05, 0) is 6.92 Å². The maximum absolute atomic E-state index is 11.7. The Bertz CT molecular complexity index is 344. The first-order valence-corrected chi connectivity index (χ1v) is 4.93. The molecule has 0 bridgehead atoms. The summed E-state index contributed by atoms with van der Waals surface area (Å²) < 4.78 is 5.01. The number of carbonyl (C=O) groups excluding carboxylic acids is 1. The molecule has 3 nitrogen and oxygen atoms in total. The van der Waals surface area contributed by atoms with Gasteiger partial charge in [0, 0.05) is 12.1 Å². The van der Waals surface area contributed by atoms with Crippen molar-refractivity contribution in [3.05, 3.63) is 35.9 Å². The van der Waals surface area contributed by atoms with Gasteiger partial charge in [0.2, 0.25) is 0 Å². The number of ketones is 1. The summed E-state index contributed by atoms with van der Waals surface area (Å²) in [6, 6.07) is 9.16. The lowest BCUT2D eigenvalue weighted by atomic mass is 10.1. The highest BCUT2D eigenvalue weighted by atomic mass is 16.5. The second-order valence-electron chi connectivity index (χ2n) is 3.04. The monoisotopic (exact) mass is 205 g/mol. The predicted molar refractivity (Wildman–Crippen MR) is 60.4 cm³/mol. The molecule has 0 amide bonds. The number of Topliss-reactive ketones (excluding diaryl/α,β-unsaturated/α-hetero) is 1. The number of nitrogens with zero attached hydrogens (tertiary/aromatic N) is 1. The van der Waals surface area contributed by atoms with Crippen LogP contribution in [-0.2, 0) is 4.74 Å². The Balaban J connectivity index is 2.67. The molecule has 0 saturated carbocycles. The van der Waals surface area contributed by atoms with Crippen molar-refractivity contribution in [1.82, 2.24) is 0 Å². The summed E-state index contributed by atoms with van der Waals surface area (Å²) in [7, 11) is 1.53. The van der Waals surface area contributed by atoms with E-state index in [0.29, 0.717) is 18.0 Å². The first-order chi connectivity index (χ1) is 7.27. The Morgan fingerprint density at radius 3 is 2.53 bits per heavy atom. The number of ether oxygens (including phenoxy) is 1. The van der Waals surface area contributed by atoms with E-state index in [1.807, 2.05) is 25.1 Å². The van der Waals surface area contributed by atoms with Gasteiger partial charge in [0.15, 0.2) is 11.7 Å². The van der Waals surface area contributed by atoms with E-state index < -0.39 is 0 Å². The molecule has 0 N–H and O–H groups in total. The maximum Gasteiger partial charge on any atom is 0.190 e. The molecule has 80 valence electrons. The number of methoxy groups -OCH3 is 1. The summed E-state index contributed by atoms with van der Waals surface area (Å²) in [6.07, 6.45) is 0.231. The number of carbonyl (C=O) groups is 1. The molecule has 1 rings (SSSR count). The van der Waals surface area contributed by atoms with E-state index >= 15 is 0 Å². The second kappa shape index (κ2) is 5.96. The third-order valence-electron chi connectivity index (χ3n) is 1.98. The van der Waals surface area contributed by atoms with Gasteiger partial charge in [-0.15, -0.1) is 0 Å². The summed E-state index contributed by atoms with van der Waals surface area (Å²) in [4.78, 5) is 15.8. The molecule has 0 radical (unpaired) electrons. The third-order valence-corrected chi connectivity index (χ3v) is 1.98. The minimum absolute atomic E-state index is 0.0321. The fourth-order valence-electron chi connectivity index (χ4n) is 1.23. The lowest BCUT2D eigenvalue weighted by Gasteiger charge is -2.03. The molecule has 1 aromatic carbocycles. The summed E-state index contributed by atoms with van der Waals surface area (Å²) in [5, 5.41) is 0. The van der Waals surface area contributed by atoms with E-state index in [0.717, 1.165) is 0 Å². The number of hydrogen-bond acceptors (Lipinski definition) is 3. The first kappa shape index (κ1) is 11.4. The van der Waals surface area contributed by atoms with Crippen molar-refractivity contribution in [2.24, 2.45) is 4.99 Å². The number of hydrogen-bond donors (Lipinski definition) is 0. The standard InChI is InChI=1S/C12H15NO2/c1-3-13-12(15-2)9-11(14)10-7-5-4-6-8-10/h4-8H,3,9H2,1-2H3. The number of rotatable bonds is 4. The molecular weight excluding hydrogens is 190 g/mol. The zero-order valence-electron chi connectivity index (χ0n) is 9.06. The summed E-state index contributed by atoms with van der Waals surface area (Å²) in [6.45, 7) is 2.54. The van der Waals surface area contributed by atoms with Gasteiger partial charge in [0.1, 0.15) is 0 Å². The second-order valence-corrected chi connectivity index (χ2v) is 3.04. The molecule has 0 heterocycles. The van der Waals surface area contributed by atoms with Gasteiger partial charge >= 0.3 is 0 Å². The molecule has 1 aromatic rings. The van der Waals surface area contributed by atoms with Crippen LogP contribution in [0.25, 0.3) is 0 Å². The van der Waals surface area contributed by atoms with Crippen LogP contribution in [0.1, 0.15) is 23.7 Å². The number of aliphatic imine (C=N–C) groups is 1. The van der Waals surface area contributed by atoms with Gasteiger partial charge in [-0.2, -0.15) is 0 Å². The molecule has 0 fully saturated rings. The average molecular weight is 205 g/mol. The van der Waals surface area contributed by atoms with E-state index in [1.54, 1.807) is 12.1 Å². The van der Waals surface area contributed by atoms with Crippen molar-refractivity contribution < 1.29 is 9.53 Å². The van der Waals surface area contributed by atoms with Crippen LogP contribution < -0.4 is 0 Å². The van der Waals surface area contributed by atoms with Crippen molar-refractivity contribution >= 4 is 11.7 Å². The lowest BCUT2D eigenvalue weighted by Crippen LogP contribution is -2.10. The molecule has 0 spiro atoms. The van der Waals surface area contributed by atoms with Gasteiger partial charge in [0.05, 0.1) is 13.5 Å². The van der Waals surface area contributed by atoms with Gasteiger partial charge in [-0.3, -0.25) is 9.79 Å². The van der Waals surface area contributed by atoms with Crippen LogP contribution >= 0.6 is 0 Å². The van der Waals surface area contributed by atoms with Gasteiger partial charge in [-0.1, -0.05) is 30.3 Å². The first-order valence-electron chi connectivity index (χ1n) is 4.93. The van der Waals surface area contributed by atoms with E-state index in [4.69, 9.17) is 4.74 Å². The summed E-state index contributed by atoms with van der Waals surface area (Å²) in [5.41, 5.74) is 0.693. The highest BCUT2D eigenvalue weighted by Gasteiger charge is 2.09. The fourth-order valence-corrected chi connectivity index (χ4v) is 1.23. The Hall–Kier alpha value is -1.64. The Morgan fingerprint density at radius 1 is 1.33 bits per heavy atom. The maximum atomic E-state index is 11.7. The third kappa shape index (κ3) is 3.54. The Morgan fingerprint density at radius 2 is 2.00 bits per heavy atom. The van der Waals surface area contributed by atoms with Crippen LogP contribution in [0.4, 0.5) is 0 Å². The molecule has 0 aromatic heterocycles. The molecule has 0 aliphatic heterocycles. The molecule has 15 heavy (non-hydrogen) atoms. The zero-order chi connectivity index (χ0) is 11.1. The quantitative estimate of drug-likeness (QED) is 0.430. The van der Waals surface area contributed by atoms with Gasteiger partial charge in [-0.25, -0.2) is 0 Å². The van der Waals surface area contributed by atoms with Crippen molar-refractivity contribution in [3.8, 4) is 0 Å². The summed E-state index contributed by atoms with van der Waals surface area (Å²) in [5.74, 6) is 0.524. The van der Waals surface area contributed by atoms with Crippen LogP contribution in [0.2, 0.25) is 0 Å². The van der Waals surface area contributed by atoms with E-state index in [2.05, 4.69) is 4.99 Å². The van der Waals surface area contributed by atoms with Gasteiger partial charge < -0.3 is 4.74 Å². The fraction of sp³-hybridized carbons (Fsp3) is 0.333. The minimum atomic E-state index is 0.0321.